The van der Waals surface area contributed by atoms with Crippen molar-refractivity contribution >= 4 is 49.8 Å². The van der Waals surface area contributed by atoms with Gasteiger partial charge < -0.3 is 4.74 Å². The van der Waals surface area contributed by atoms with E-state index in [9.17, 15) is 13.2 Å². The van der Waals surface area contributed by atoms with Crippen molar-refractivity contribution in [2.45, 2.75) is 24.2 Å². The number of hydrogen-bond donors (Lipinski definition) is 1. The Morgan fingerprint density at radius 1 is 1.42 bits per heavy atom. The highest BCUT2D eigenvalue weighted by molar-refractivity contribution is 8.01. The first-order valence-electron chi connectivity index (χ1n) is 7.67. The summed E-state index contributed by atoms with van der Waals surface area (Å²) in [6, 6.07) is 5.54. The van der Waals surface area contributed by atoms with Crippen LogP contribution in [0.1, 0.15) is 13.8 Å². The summed E-state index contributed by atoms with van der Waals surface area (Å²) in [6.07, 6.45) is 1.05. The molecule has 0 saturated carbocycles. The summed E-state index contributed by atoms with van der Waals surface area (Å²) >= 11 is 2.76. The van der Waals surface area contributed by atoms with Crippen LogP contribution in [0, 0.1) is 0 Å². The molecule has 0 spiro atoms. The molecule has 1 heterocycles. The third-order valence-corrected chi connectivity index (χ3v) is 6.40. The molecule has 142 valence electrons. The zero-order valence-electron chi connectivity index (χ0n) is 14.8. The molecule has 0 aliphatic rings. The van der Waals surface area contributed by atoms with Crippen LogP contribution in [0.5, 0.6) is 5.75 Å². The van der Waals surface area contributed by atoms with Gasteiger partial charge in [0.15, 0.2) is 4.34 Å². The van der Waals surface area contributed by atoms with Crippen LogP contribution in [0.2, 0.25) is 0 Å². The van der Waals surface area contributed by atoms with E-state index >= 15 is 0 Å². The summed E-state index contributed by atoms with van der Waals surface area (Å²) in [5.74, 6) is 0.841. The number of aromatic nitrogens is 2. The van der Waals surface area contributed by atoms with E-state index < -0.39 is 22.0 Å². The normalized spacial score (nSPS) is 12.5. The summed E-state index contributed by atoms with van der Waals surface area (Å²) in [7, 11) is -2.22. The Hall–Kier alpha value is -1.85. The van der Waals surface area contributed by atoms with Crippen molar-refractivity contribution in [2.75, 3.05) is 28.7 Å². The van der Waals surface area contributed by atoms with Gasteiger partial charge in [0.05, 0.1) is 19.1 Å². The van der Waals surface area contributed by atoms with Crippen molar-refractivity contribution in [3.8, 4) is 5.75 Å². The molecule has 0 radical (unpaired) electrons. The van der Waals surface area contributed by atoms with Gasteiger partial charge in [0.1, 0.15) is 11.8 Å². The zero-order chi connectivity index (χ0) is 19.3. The van der Waals surface area contributed by atoms with Crippen LogP contribution in [0.3, 0.4) is 0 Å². The first kappa shape index (κ1) is 20.5. The number of nitrogens with zero attached hydrogens (tertiary/aromatic N) is 3. The summed E-state index contributed by atoms with van der Waals surface area (Å²) in [5.41, 5.74) is 0.342. The lowest BCUT2D eigenvalue weighted by molar-refractivity contribution is -0.116. The van der Waals surface area contributed by atoms with Crippen LogP contribution in [-0.2, 0) is 14.8 Å². The molecule has 0 saturated heterocycles. The smallest absolute Gasteiger partial charge is 0.249 e. The van der Waals surface area contributed by atoms with Gasteiger partial charge in [0.2, 0.25) is 21.1 Å². The van der Waals surface area contributed by atoms with Gasteiger partial charge in [0.25, 0.3) is 0 Å². The number of anilines is 2. The van der Waals surface area contributed by atoms with Crippen LogP contribution < -0.4 is 14.4 Å². The second-order valence-corrected chi connectivity index (χ2v) is 9.58. The fraction of sp³-hybridized carbons (Fsp3) is 0.400. The van der Waals surface area contributed by atoms with E-state index in [4.69, 9.17) is 4.74 Å². The third kappa shape index (κ3) is 5.08. The molecule has 8 nitrogen and oxygen atoms in total. The third-order valence-electron chi connectivity index (χ3n) is 3.30. The molecule has 0 bridgehead atoms. The van der Waals surface area contributed by atoms with Gasteiger partial charge in [-0.3, -0.25) is 14.4 Å². The summed E-state index contributed by atoms with van der Waals surface area (Å²) in [4.78, 5) is 12.6. The maximum Gasteiger partial charge on any atom is 0.249 e. The second-order valence-electron chi connectivity index (χ2n) is 5.23. The maximum absolute atomic E-state index is 12.6. The van der Waals surface area contributed by atoms with E-state index in [1.807, 2.05) is 6.92 Å². The van der Waals surface area contributed by atoms with E-state index in [2.05, 4.69) is 15.5 Å². The van der Waals surface area contributed by atoms with Crippen LogP contribution >= 0.6 is 23.1 Å². The Balaban J connectivity index is 2.25. The average molecular weight is 417 g/mol. The van der Waals surface area contributed by atoms with Gasteiger partial charge in [-0.05, 0) is 24.8 Å². The minimum atomic E-state index is -3.70. The number of nitrogens with one attached hydrogen (secondary N) is 1. The molecule has 1 atom stereocenters. The summed E-state index contributed by atoms with van der Waals surface area (Å²) in [6.45, 7) is 3.50. The Labute approximate surface area is 161 Å². The second kappa shape index (κ2) is 8.69. The molecule has 2 rings (SSSR count). The van der Waals surface area contributed by atoms with Gasteiger partial charge in [-0.25, -0.2) is 8.42 Å². The number of benzene rings is 1. The Kier molecular flexibility index (Phi) is 6.84. The van der Waals surface area contributed by atoms with Crippen molar-refractivity contribution in [2.24, 2.45) is 0 Å². The number of methoxy groups -OCH3 is 1. The fourth-order valence-electron chi connectivity index (χ4n) is 2.21. The Bertz CT molecular complexity index is 869. The largest absolute Gasteiger partial charge is 0.497 e. The molecular formula is C15H20N4O4S3. The first-order chi connectivity index (χ1) is 12.3. The highest BCUT2D eigenvalue weighted by Crippen LogP contribution is 2.27. The molecule has 0 fully saturated rings. The van der Waals surface area contributed by atoms with E-state index in [1.54, 1.807) is 24.3 Å². The number of rotatable bonds is 8. The van der Waals surface area contributed by atoms with Crippen LogP contribution in [-0.4, -0.2) is 49.7 Å². The Morgan fingerprint density at radius 3 is 2.77 bits per heavy atom. The topological polar surface area (TPSA) is 101 Å². The number of amides is 1. The van der Waals surface area contributed by atoms with E-state index in [-0.39, 0.29) is 0 Å². The summed E-state index contributed by atoms with van der Waals surface area (Å²) in [5, 5.41) is 10.8. The molecule has 0 aliphatic carbocycles. The van der Waals surface area contributed by atoms with Crippen LogP contribution in [0.15, 0.2) is 28.6 Å². The van der Waals surface area contributed by atoms with Crippen molar-refractivity contribution in [1.29, 1.82) is 0 Å². The first-order valence-corrected chi connectivity index (χ1v) is 11.3. The summed E-state index contributed by atoms with van der Waals surface area (Å²) < 4.78 is 31.5. The quantitative estimate of drug-likeness (QED) is 0.521. The van der Waals surface area contributed by atoms with E-state index in [1.165, 1.54) is 37.1 Å². The lowest BCUT2D eigenvalue weighted by Crippen LogP contribution is -2.45. The standard InChI is InChI=1S/C15H20N4O4S3/c1-5-24-15-18-17-14(25-15)16-13(20)10(2)19(26(4,21)22)11-7-6-8-12(9-11)23-3/h6-10H,5H2,1-4H3,(H,16,17,20). The molecule has 2 aromatic rings. The van der Waals surface area contributed by atoms with Gasteiger partial charge in [0, 0.05) is 6.07 Å². The van der Waals surface area contributed by atoms with Crippen molar-refractivity contribution < 1.29 is 17.9 Å². The molecule has 0 aliphatic heterocycles. The SMILES string of the molecule is CCSc1nnc(NC(=O)C(C)N(c2cccc(OC)c2)S(C)(=O)=O)s1. The Morgan fingerprint density at radius 2 is 2.15 bits per heavy atom. The number of carbonyl (C=O) groups is 1. The lowest BCUT2D eigenvalue weighted by atomic mass is 10.2. The minimum absolute atomic E-state index is 0.330. The van der Waals surface area contributed by atoms with Gasteiger partial charge in [-0.2, -0.15) is 0 Å². The maximum atomic E-state index is 12.6. The van der Waals surface area contributed by atoms with Crippen molar-refractivity contribution in [1.82, 2.24) is 10.2 Å². The van der Waals surface area contributed by atoms with Crippen LogP contribution in [0.4, 0.5) is 10.8 Å². The molecule has 26 heavy (non-hydrogen) atoms. The molecule has 1 aromatic carbocycles. The van der Waals surface area contributed by atoms with Crippen molar-refractivity contribution in [3.63, 3.8) is 0 Å². The average Bonchev–Trinajstić information content (AvgIpc) is 3.01. The number of thioether (sulfide) groups is 1. The molecule has 1 aromatic heterocycles. The highest BCUT2D eigenvalue weighted by Gasteiger charge is 2.30. The fourth-order valence-corrected chi connectivity index (χ4v) is 5.03. The molecule has 1 unspecified atom stereocenters. The molecule has 1 N–H and O–H groups in total. The van der Waals surface area contributed by atoms with Gasteiger partial charge in [-0.1, -0.05) is 36.1 Å². The van der Waals surface area contributed by atoms with Gasteiger partial charge in [-0.15, -0.1) is 10.2 Å². The number of ether oxygens (including phenoxy) is 1. The minimum Gasteiger partial charge on any atom is -0.497 e. The predicted octanol–water partition coefficient (Wildman–Crippen LogP) is 2.45. The van der Waals surface area contributed by atoms with Gasteiger partial charge >= 0.3 is 0 Å². The molecular weight excluding hydrogens is 396 g/mol. The van der Waals surface area contributed by atoms with Crippen molar-refractivity contribution in [3.05, 3.63) is 24.3 Å². The van der Waals surface area contributed by atoms with Crippen LogP contribution in [0.25, 0.3) is 0 Å². The van der Waals surface area contributed by atoms with E-state index in [0.717, 1.165) is 20.7 Å². The highest BCUT2D eigenvalue weighted by atomic mass is 32.2. The number of hydrogen-bond acceptors (Lipinski definition) is 8. The monoisotopic (exact) mass is 416 g/mol. The van der Waals surface area contributed by atoms with E-state index in [0.29, 0.717) is 16.6 Å². The number of sulfonamides is 1. The molecule has 1 amide bonds. The predicted molar refractivity (Wildman–Crippen MR) is 105 cm³/mol. The zero-order valence-corrected chi connectivity index (χ0v) is 17.2. The number of carbonyl (C=O) groups excluding carboxylic acids is 1. The lowest BCUT2D eigenvalue weighted by Gasteiger charge is -2.28. The molecule has 11 heteroatoms.